The minimum Gasteiger partial charge on any atom is -0.395 e. The van der Waals surface area contributed by atoms with Crippen molar-refractivity contribution in [3.8, 4) is 0 Å². The smallest absolute Gasteiger partial charge is 0.0558 e. The SMILES string of the molecule is CCN(CCO)CC1CNNC1c1ccc(Cl)cc1Cl. The lowest BCUT2D eigenvalue weighted by atomic mass is 9.94. The molecule has 0 saturated carbocycles. The molecule has 2 unspecified atom stereocenters. The van der Waals surface area contributed by atoms with Crippen molar-refractivity contribution in [1.29, 1.82) is 0 Å². The molecule has 1 saturated heterocycles. The molecule has 1 aliphatic heterocycles. The van der Waals surface area contributed by atoms with E-state index in [1.807, 2.05) is 12.1 Å². The molecule has 0 bridgehead atoms. The molecule has 1 aromatic rings. The van der Waals surface area contributed by atoms with Gasteiger partial charge in [-0.3, -0.25) is 5.43 Å². The summed E-state index contributed by atoms with van der Waals surface area (Å²) >= 11 is 12.3. The van der Waals surface area contributed by atoms with Crippen LogP contribution in [0.25, 0.3) is 0 Å². The van der Waals surface area contributed by atoms with E-state index in [4.69, 9.17) is 28.3 Å². The number of benzene rings is 1. The highest BCUT2D eigenvalue weighted by molar-refractivity contribution is 6.35. The third-order valence-corrected chi connectivity index (χ3v) is 4.31. The van der Waals surface area contributed by atoms with Gasteiger partial charge in [-0.15, -0.1) is 0 Å². The lowest BCUT2D eigenvalue weighted by molar-refractivity contribution is 0.179. The number of hydrazine groups is 1. The van der Waals surface area contributed by atoms with E-state index in [-0.39, 0.29) is 12.6 Å². The Balaban J connectivity index is 2.10. The third-order valence-electron chi connectivity index (χ3n) is 3.75. The van der Waals surface area contributed by atoms with E-state index >= 15 is 0 Å². The summed E-state index contributed by atoms with van der Waals surface area (Å²) in [4.78, 5) is 2.25. The van der Waals surface area contributed by atoms with Crippen LogP contribution in [0.1, 0.15) is 18.5 Å². The number of nitrogens with zero attached hydrogens (tertiary/aromatic N) is 1. The average Bonchev–Trinajstić information content (AvgIpc) is 2.86. The van der Waals surface area contributed by atoms with Gasteiger partial charge in [0.15, 0.2) is 0 Å². The van der Waals surface area contributed by atoms with E-state index in [0.717, 1.165) is 25.2 Å². The van der Waals surface area contributed by atoms with Crippen molar-refractivity contribution in [2.24, 2.45) is 5.92 Å². The molecular weight excluding hydrogens is 297 g/mol. The number of aliphatic hydroxyl groups is 1. The van der Waals surface area contributed by atoms with Gasteiger partial charge in [0.2, 0.25) is 0 Å². The standard InChI is InChI=1S/C14H21Cl2N3O/c1-2-19(5-6-20)9-10-8-17-18-14(10)12-4-3-11(15)7-13(12)16/h3-4,7,10,14,17-18,20H,2,5-6,8-9H2,1H3. The summed E-state index contributed by atoms with van der Waals surface area (Å²) in [6.45, 7) is 5.72. The van der Waals surface area contributed by atoms with Gasteiger partial charge in [0.25, 0.3) is 0 Å². The molecule has 1 aromatic carbocycles. The van der Waals surface area contributed by atoms with Gasteiger partial charge in [-0.2, -0.15) is 0 Å². The molecule has 2 rings (SSSR count). The second-order valence-electron chi connectivity index (χ2n) is 5.05. The number of halogens is 2. The quantitative estimate of drug-likeness (QED) is 0.751. The zero-order valence-electron chi connectivity index (χ0n) is 11.6. The number of nitrogens with one attached hydrogen (secondary N) is 2. The van der Waals surface area contributed by atoms with Crippen LogP contribution in [0.4, 0.5) is 0 Å². The summed E-state index contributed by atoms with van der Waals surface area (Å²) in [5.74, 6) is 0.403. The molecule has 0 radical (unpaired) electrons. The van der Waals surface area contributed by atoms with Crippen molar-refractivity contribution in [2.45, 2.75) is 13.0 Å². The predicted octanol–water partition coefficient (Wildman–Crippen LogP) is 2.07. The Labute approximate surface area is 130 Å². The Morgan fingerprint density at radius 2 is 2.20 bits per heavy atom. The maximum atomic E-state index is 9.09. The second kappa shape index (κ2) is 7.59. The molecule has 0 aromatic heterocycles. The molecular formula is C14H21Cl2N3O. The van der Waals surface area contributed by atoms with Gasteiger partial charge in [0.1, 0.15) is 0 Å². The van der Waals surface area contributed by atoms with Crippen LogP contribution in [-0.4, -0.2) is 42.8 Å². The maximum absolute atomic E-state index is 9.09. The van der Waals surface area contributed by atoms with Crippen LogP contribution in [0.3, 0.4) is 0 Å². The molecule has 0 aliphatic carbocycles. The Hall–Kier alpha value is -0.360. The normalized spacial score (nSPS) is 22.6. The molecule has 1 aliphatic rings. The van der Waals surface area contributed by atoms with Crippen LogP contribution >= 0.6 is 23.2 Å². The van der Waals surface area contributed by atoms with Crippen molar-refractivity contribution >= 4 is 23.2 Å². The molecule has 20 heavy (non-hydrogen) atoms. The van der Waals surface area contributed by atoms with E-state index in [2.05, 4.69) is 22.7 Å². The number of hydrogen-bond acceptors (Lipinski definition) is 4. The first-order valence-electron chi connectivity index (χ1n) is 6.92. The second-order valence-corrected chi connectivity index (χ2v) is 5.89. The highest BCUT2D eigenvalue weighted by atomic mass is 35.5. The van der Waals surface area contributed by atoms with Crippen molar-refractivity contribution < 1.29 is 5.11 Å². The van der Waals surface area contributed by atoms with E-state index in [0.29, 0.717) is 22.5 Å². The van der Waals surface area contributed by atoms with E-state index in [1.54, 1.807) is 6.07 Å². The number of likely N-dealkylation sites (N-methyl/N-ethyl adjacent to an activating group) is 1. The molecule has 0 spiro atoms. The number of aliphatic hydroxyl groups excluding tert-OH is 1. The largest absolute Gasteiger partial charge is 0.395 e. The average molecular weight is 318 g/mol. The fraction of sp³-hybridized carbons (Fsp3) is 0.571. The molecule has 3 N–H and O–H groups in total. The van der Waals surface area contributed by atoms with Gasteiger partial charge < -0.3 is 10.0 Å². The van der Waals surface area contributed by atoms with Gasteiger partial charge in [-0.25, -0.2) is 5.43 Å². The summed E-state index contributed by atoms with van der Waals surface area (Å²) in [5, 5.41) is 10.4. The topological polar surface area (TPSA) is 47.5 Å². The van der Waals surface area contributed by atoms with Crippen LogP contribution in [0, 0.1) is 5.92 Å². The van der Waals surface area contributed by atoms with E-state index in [1.165, 1.54) is 0 Å². The van der Waals surface area contributed by atoms with E-state index in [9.17, 15) is 0 Å². The molecule has 2 atom stereocenters. The van der Waals surface area contributed by atoms with Crippen molar-refractivity contribution in [1.82, 2.24) is 15.8 Å². The summed E-state index contributed by atoms with van der Waals surface area (Å²) in [7, 11) is 0. The van der Waals surface area contributed by atoms with Crippen molar-refractivity contribution in [3.63, 3.8) is 0 Å². The van der Waals surface area contributed by atoms with Gasteiger partial charge >= 0.3 is 0 Å². The van der Waals surface area contributed by atoms with Gasteiger partial charge in [0.05, 0.1) is 12.6 Å². The number of rotatable bonds is 6. The van der Waals surface area contributed by atoms with Gasteiger partial charge in [0, 0.05) is 35.6 Å². The molecule has 4 nitrogen and oxygen atoms in total. The molecule has 112 valence electrons. The first-order valence-corrected chi connectivity index (χ1v) is 7.67. The molecule has 1 heterocycles. The Bertz CT molecular complexity index is 444. The van der Waals surface area contributed by atoms with Gasteiger partial charge in [-0.05, 0) is 24.2 Å². The van der Waals surface area contributed by atoms with Crippen molar-refractivity contribution in [2.75, 3.05) is 32.8 Å². The Morgan fingerprint density at radius 3 is 2.85 bits per heavy atom. The monoisotopic (exact) mass is 317 g/mol. The number of hydrogen-bond donors (Lipinski definition) is 3. The van der Waals surface area contributed by atoms with Crippen molar-refractivity contribution in [3.05, 3.63) is 33.8 Å². The summed E-state index contributed by atoms with van der Waals surface area (Å²) in [6.07, 6.45) is 0. The van der Waals surface area contributed by atoms with Crippen LogP contribution in [0.5, 0.6) is 0 Å². The zero-order valence-corrected chi connectivity index (χ0v) is 13.1. The Morgan fingerprint density at radius 1 is 1.40 bits per heavy atom. The molecule has 1 fully saturated rings. The minimum absolute atomic E-state index is 0.160. The van der Waals surface area contributed by atoms with Crippen LogP contribution in [-0.2, 0) is 0 Å². The summed E-state index contributed by atoms with van der Waals surface area (Å²) in [5.41, 5.74) is 7.55. The molecule has 6 heteroatoms. The first-order chi connectivity index (χ1) is 9.65. The summed E-state index contributed by atoms with van der Waals surface area (Å²) in [6, 6.07) is 5.78. The zero-order chi connectivity index (χ0) is 14.5. The van der Waals surface area contributed by atoms with Crippen LogP contribution in [0.15, 0.2) is 18.2 Å². The summed E-state index contributed by atoms with van der Waals surface area (Å²) < 4.78 is 0. The maximum Gasteiger partial charge on any atom is 0.0558 e. The minimum atomic E-state index is 0.160. The lowest BCUT2D eigenvalue weighted by Crippen LogP contribution is -2.34. The lowest BCUT2D eigenvalue weighted by Gasteiger charge is -2.26. The third kappa shape index (κ3) is 3.85. The van der Waals surface area contributed by atoms with Crippen LogP contribution < -0.4 is 10.9 Å². The van der Waals surface area contributed by atoms with Gasteiger partial charge in [-0.1, -0.05) is 36.2 Å². The highest BCUT2D eigenvalue weighted by Crippen LogP contribution is 2.32. The highest BCUT2D eigenvalue weighted by Gasteiger charge is 2.30. The Kier molecular flexibility index (Phi) is 6.08. The fourth-order valence-electron chi connectivity index (χ4n) is 2.64. The predicted molar refractivity (Wildman–Crippen MR) is 83.0 cm³/mol. The molecule has 0 amide bonds. The van der Waals surface area contributed by atoms with E-state index < -0.39 is 0 Å². The fourth-order valence-corrected chi connectivity index (χ4v) is 3.17. The van der Waals surface area contributed by atoms with Crippen LogP contribution in [0.2, 0.25) is 10.0 Å². The first kappa shape index (κ1) is 16.0.